The summed E-state index contributed by atoms with van der Waals surface area (Å²) in [4.78, 5) is 0. The van der Waals surface area contributed by atoms with Gasteiger partial charge in [-0.15, -0.1) is 12.4 Å². The van der Waals surface area contributed by atoms with E-state index in [1.54, 1.807) is 0 Å². The second-order valence-electron chi connectivity index (χ2n) is 2.10. The fraction of sp³-hybridized carbons (Fsp3) is 0.750. The molecule has 0 aliphatic carbocycles. The lowest BCUT2D eigenvalue weighted by atomic mass is 10.2. The van der Waals surface area contributed by atoms with Crippen LogP contribution in [-0.2, 0) is 4.74 Å². The Morgan fingerprint density at radius 2 is 2.00 bits per heavy atom. The molecule has 0 saturated carbocycles. The highest BCUT2D eigenvalue weighted by Gasteiger charge is 1.84. The Bertz CT molecular complexity index is 64.3. The summed E-state index contributed by atoms with van der Waals surface area (Å²) < 4.78 is 4.94. The third-order valence-corrected chi connectivity index (χ3v) is 1.23. The minimum atomic E-state index is 0. The number of ether oxygens (including phenoxy) is 1. The number of unbranched alkanes of at least 4 members (excludes halogenated alkanes) is 3. The van der Waals surface area contributed by atoms with Gasteiger partial charge in [-0.1, -0.05) is 32.8 Å². The highest BCUT2D eigenvalue weighted by Crippen LogP contribution is 1.98. The van der Waals surface area contributed by atoms with Crippen LogP contribution in [0, 0.1) is 0 Å². The van der Waals surface area contributed by atoms with Crippen LogP contribution in [0.15, 0.2) is 12.8 Å². The van der Waals surface area contributed by atoms with Gasteiger partial charge in [-0.2, -0.15) is 0 Å². The molecule has 2 heteroatoms. The van der Waals surface area contributed by atoms with E-state index in [1.165, 1.54) is 31.9 Å². The van der Waals surface area contributed by atoms with Crippen LogP contribution in [0.3, 0.4) is 0 Å². The smallest absolute Gasteiger partial charge is 0.0873 e. The molecule has 0 spiro atoms. The second kappa shape index (κ2) is 11.6. The van der Waals surface area contributed by atoms with Gasteiger partial charge >= 0.3 is 0 Å². The molecule has 0 unspecified atom stereocenters. The van der Waals surface area contributed by atoms with Gasteiger partial charge in [-0.3, -0.25) is 0 Å². The van der Waals surface area contributed by atoms with Crippen LogP contribution in [-0.4, -0.2) is 6.61 Å². The van der Waals surface area contributed by atoms with Crippen molar-refractivity contribution in [3.63, 3.8) is 0 Å². The second-order valence-corrected chi connectivity index (χ2v) is 2.10. The summed E-state index contributed by atoms with van der Waals surface area (Å²) in [5, 5.41) is 0. The van der Waals surface area contributed by atoms with Crippen molar-refractivity contribution in [3.05, 3.63) is 12.8 Å². The Kier molecular flexibility index (Phi) is 14.5. The monoisotopic (exact) mass is 164 g/mol. The summed E-state index contributed by atoms with van der Waals surface area (Å²) in [7, 11) is 0. The molecule has 10 heavy (non-hydrogen) atoms. The molecule has 62 valence electrons. The van der Waals surface area contributed by atoms with Crippen LogP contribution in [0.25, 0.3) is 0 Å². The molecule has 0 aromatic carbocycles. The van der Waals surface area contributed by atoms with Crippen LogP contribution in [0.1, 0.15) is 32.6 Å². The Hall–Kier alpha value is -0.170. The first-order chi connectivity index (χ1) is 4.41. The average Bonchev–Trinajstić information content (AvgIpc) is 1.89. The van der Waals surface area contributed by atoms with Crippen molar-refractivity contribution < 1.29 is 4.74 Å². The topological polar surface area (TPSA) is 9.23 Å². The van der Waals surface area contributed by atoms with Gasteiger partial charge in [0.25, 0.3) is 0 Å². The summed E-state index contributed by atoms with van der Waals surface area (Å²) in [5.41, 5.74) is 0. The van der Waals surface area contributed by atoms with E-state index < -0.39 is 0 Å². The molecule has 0 rings (SSSR count). The van der Waals surface area contributed by atoms with Crippen LogP contribution in [0.2, 0.25) is 0 Å². The Balaban J connectivity index is 0. The van der Waals surface area contributed by atoms with E-state index in [0.29, 0.717) is 0 Å². The molecule has 0 heterocycles. The maximum Gasteiger partial charge on any atom is 0.0873 e. The van der Waals surface area contributed by atoms with E-state index in [-0.39, 0.29) is 12.4 Å². The van der Waals surface area contributed by atoms with Crippen molar-refractivity contribution in [2.24, 2.45) is 0 Å². The Morgan fingerprint density at radius 3 is 2.50 bits per heavy atom. The minimum Gasteiger partial charge on any atom is -0.502 e. The fourth-order valence-electron chi connectivity index (χ4n) is 0.696. The van der Waals surface area contributed by atoms with Gasteiger partial charge in [-0.25, -0.2) is 0 Å². The molecular weight excluding hydrogens is 148 g/mol. The van der Waals surface area contributed by atoms with Crippen molar-refractivity contribution in [2.45, 2.75) is 32.6 Å². The third-order valence-electron chi connectivity index (χ3n) is 1.23. The van der Waals surface area contributed by atoms with E-state index in [0.717, 1.165) is 6.61 Å². The first-order valence-corrected chi connectivity index (χ1v) is 3.64. The quantitative estimate of drug-likeness (QED) is 0.433. The lowest BCUT2D eigenvalue weighted by Gasteiger charge is -1.97. The predicted molar refractivity (Wildman–Crippen MR) is 47.5 cm³/mol. The molecule has 0 amide bonds. The number of halogens is 1. The average molecular weight is 165 g/mol. The van der Waals surface area contributed by atoms with Gasteiger partial charge < -0.3 is 4.74 Å². The van der Waals surface area contributed by atoms with Crippen molar-refractivity contribution in [3.8, 4) is 0 Å². The van der Waals surface area contributed by atoms with E-state index in [9.17, 15) is 0 Å². The minimum absolute atomic E-state index is 0. The van der Waals surface area contributed by atoms with Gasteiger partial charge in [0.2, 0.25) is 0 Å². The summed E-state index contributed by atoms with van der Waals surface area (Å²) >= 11 is 0. The summed E-state index contributed by atoms with van der Waals surface area (Å²) in [6.45, 7) is 6.50. The van der Waals surface area contributed by atoms with E-state index >= 15 is 0 Å². The zero-order valence-corrected chi connectivity index (χ0v) is 7.45. The van der Waals surface area contributed by atoms with E-state index in [1.807, 2.05) is 0 Å². The summed E-state index contributed by atoms with van der Waals surface area (Å²) in [6, 6.07) is 0. The maximum atomic E-state index is 4.94. The normalized spacial score (nSPS) is 8.10. The lowest BCUT2D eigenvalue weighted by Crippen LogP contribution is -1.86. The van der Waals surface area contributed by atoms with Gasteiger partial charge in [0.05, 0.1) is 12.9 Å². The number of rotatable bonds is 6. The van der Waals surface area contributed by atoms with E-state index in [4.69, 9.17) is 4.74 Å². The molecule has 0 atom stereocenters. The van der Waals surface area contributed by atoms with Gasteiger partial charge in [0.15, 0.2) is 0 Å². The van der Waals surface area contributed by atoms with Gasteiger partial charge in [0, 0.05) is 0 Å². The van der Waals surface area contributed by atoms with Crippen molar-refractivity contribution >= 4 is 12.4 Å². The fourth-order valence-corrected chi connectivity index (χ4v) is 0.696. The largest absolute Gasteiger partial charge is 0.502 e. The van der Waals surface area contributed by atoms with Crippen molar-refractivity contribution in [1.82, 2.24) is 0 Å². The standard InChI is InChI=1S/C8H16O.ClH/c1-3-5-6-7-8-9-4-2;/h4H,2-3,5-8H2,1H3;1H. The first-order valence-electron chi connectivity index (χ1n) is 3.64. The highest BCUT2D eigenvalue weighted by atomic mass is 35.5. The molecule has 0 bridgehead atoms. The first kappa shape index (κ1) is 12.5. The third kappa shape index (κ3) is 10.7. The predicted octanol–water partition coefficient (Wildman–Crippen LogP) is 3.15. The van der Waals surface area contributed by atoms with Gasteiger partial charge in [0.1, 0.15) is 0 Å². The SMILES string of the molecule is C=COCCCCCC.Cl. The molecule has 0 fully saturated rings. The lowest BCUT2D eigenvalue weighted by molar-refractivity contribution is 0.242. The highest BCUT2D eigenvalue weighted by molar-refractivity contribution is 5.85. The maximum absolute atomic E-state index is 4.94. The van der Waals surface area contributed by atoms with Gasteiger partial charge in [-0.05, 0) is 6.42 Å². The van der Waals surface area contributed by atoms with Crippen LogP contribution >= 0.6 is 12.4 Å². The van der Waals surface area contributed by atoms with Crippen LogP contribution in [0.5, 0.6) is 0 Å². The number of hydrogen-bond acceptors (Lipinski definition) is 1. The zero-order chi connectivity index (χ0) is 6.95. The Labute approximate surface area is 69.9 Å². The molecule has 0 aromatic rings. The molecule has 0 aromatic heterocycles. The molecule has 1 nitrogen and oxygen atoms in total. The van der Waals surface area contributed by atoms with Crippen LogP contribution in [0.4, 0.5) is 0 Å². The van der Waals surface area contributed by atoms with Crippen LogP contribution < -0.4 is 0 Å². The molecule has 0 saturated heterocycles. The molecule has 0 radical (unpaired) electrons. The van der Waals surface area contributed by atoms with Crippen molar-refractivity contribution in [2.75, 3.05) is 6.61 Å². The molecular formula is C8H17ClO. The number of hydrogen-bond donors (Lipinski definition) is 0. The summed E-state index contributed by atoms with van der Waals surface area (Å²) in [6.07, 6.45) is 6.56. The molecule has 0 aliphatic rings. The van der Waals surface area contributed by atoms with E-state index in [2.05, 4.69) is 13.5 Å². The Morgan fingerprint density at radius 1 is 1.30 bits per heavy atom. The molecule has 0 N–H and O–H groups in total. The zero-order valence-electron chi connectivity index (χ0n) is 6.64. The molecule has 0 aliphatic heterocycles. The summed E-state index contributed by atoms with van der Waals surface area (Å²) in [5.74, 6) is 0. The van der Waals surface area contributed by atoms with Crippen molar-refractivity contribution in [1.29, 1.82) is 0 Å².